The van der Waals surface area contributed by atoms with E-state index >= 15 is 4.39 Å². The number of aromatic nitrogens is 5. The zero-order chi connectivity index (χ0) is 26.7. The van der Waals surface area contributed by atoms with Crippen LogP contribution < -0.4 is 10.6 Å². The standard InChI is InChI=1S/C23H24ClF4N7O3/c24-14-8-29-20(35-9-12(30-19(14)35)10-37-23(26,27)28)31-17-7-15(33-34-17)13-1-2-16(18(13)25)38-21(36)32-22-5-3-11(22)4-6-22/h7-9,11,13,16,18H,1-6,10H2,(H,32,36)(H2,29,31,33,34)/t11?,13-,16-,18+,22?/m1/s1. The summed E-state index contributed by atoms with van der Waals surface area (Å²) in [5.74, 6) is 0.444. The Hall–Kier alpha value is -3.13. The van der Waals surface area contributed by atoms with Crippen LogP contribution in [-0.4, -0.2) is 54.8 Å². The van der Waals surface area contributed by atoms with Crippen molar-refractivity contribution >= 4 is 35.1 Å². The van der Waals surface area contributed by atoms with E-state index in [1.165, 1.54) is 16.8 Å². The molecule has 3 N–H and O–H groups in total. The zero-order valence-electron chi connectivity index (χ0n) is 19.9. The van der Waals surface area contributed by atoms with Gasteiger partial charge in [-0.05, 0) is 44.4 Å². The van der Waals surface area contributed by atoms with Gasteiger partial charge >= 0.3 is 12.5 Å². The van der Waals surface area contributed by atoms with E-state index in [0.29, 0.717) is 30.3 Å². The molecule has 0 radical (unpaired) electrons. The third kappa shape index (κ3) is 4.64. The Kier molecular flexibility index (Phi) is 6.13. The molecule has 3 saturated carbocycles. The first-order valence-corrected chi connectivity index (χ1v) is 12.7. The first-order chi connectivity index (χ1) is 18.1. The van der Waals surface area contributed by atoms with E-state index in [-0.39, 0.29) is 27.9 Å². The van der Waals surface area contributed by atoms with Gasteiger partial charge in [-0.3, -0.25) is 14.2 Å². The number of alkyl carbamates (subject to hydrolysis) is 1. The number of alkyl halides is 4. The minimum atomic E-state index is -4.80. The summed E-state index contributed by atoms with van der Waals surface area (Å²) in [5, 5.41) is 13.0. The lowest BCUT2D eigenvalue weighted by atomic mass is 9.53. The number of imidazole rings is 1. The average Bonchev–Trinajstić information content (AvgIpc) is 3.58. The monoisotopic (exact) mass is 557 g/mol. The average molecular weight is 558 g/mol. The number of nitrogens with zero attached hydrogens (tertiary/aromatic N) is 4. The molecular formula is C23H24ClF4N7O3. The van der Waals surface area contributed by atoms with Gasteiger partial charge in [-0.1, -0.05) is 11.6 Å². The number of H-pyrrole nitrogens is 1. The molecule has 0 bridgehead atoms. The van der Waals surface area contributed by atoms with Crippen LogP contribution in [0.3, 0.4) is 0 Å². The number of fused-ring (bicyclic) bond motifs is 2. The smallest absolute Gasteiger partial charge is 0.443 e. The van der Waals surface area contributed by atoms with Crippen molar-refractivity contribution in [1.82, 2.24) is 29.9 Å². The van der Waals surface area contributed by atoms with Gasteiger partial charge in [0.25, 0.3) is 0 Å². The largest absolute Gasteiger partial charge is 0.522 e. The third-order valence-electron chi connectivity index (χ3n) is 7.89. The molecule has 204 valence electrons. The Morgan fingerprint density at radius 3 is 2.74 bits per heavy atom. The highest BCUT2D eigenvalue weighted by Crippen LogP contribution is 2.53. The highest BCUT2D eigenvalue weighted by Gasteiger charge is 2.55. The van der Waals surface area contributed by atoms with E-state index in [1.807, 2.05) is 0 Å². The minimum absolute atomic E-state index is 0.00552. The third-order valence-corrected chi connectivity index (χ3v) is 8.16. The Labute approximate surface area is 218 Å². The number of carbonyl (C=O) groups excluding carboxylic acids is 1. The molecule has 38 heavy (non-hydrogen) atoms. The molecule has 3 aromatic heterocycles. The van der Waals surface area contributed by atoms with Gasteiger partial charge in [-0.2, -0.15) is 5.10 Å². The fourth-order valence-electron chi connectivity index (χ4n) is 5.65. The highest BCUT2D eigenvalue weighted by molar-refractivity contribution is 6.33. The minimum Gasteiger partial charge on any atom is -0.443 e. The molecule has 0 unspecified atom stereocenters. The van der Waals surface area contributed by atoms with Crippen LogP contribution in [0, 0.1) is 5.92 Å². The SMILES string of the molecule is O=C(NC12CCC1CC2)O[C@@H]1CC[C@H](c2cc(Nc3ncc(Cl)c4nc(COC(F)(F)F)cn34)n[nH]2)[C@@H]1F. The number of carbonyl (C=O) groups is 1. The van der Waals surface area contributed by atoms with Crippen LogP contribution in [0.25, 0.3) is 5.65 Å². The topological polar surface area (TPSA) is 118 Å². The van der Waals surface area contributed by atoms with Crippen molar-refractivity contribution in [2.24, 2.45) is 5.92 Å². The maximum absolute atomic E-state index is 15.3. The number of ether oxygens (including phenoxy) is 2. The van der Waals surface area contributed by atoms with Gasteiger partial charge < -0.3 is 15.4 Å². The second-order valence-corrected chi connectivity index (χ2v) is 10.5. The molecule has 6 rings (SSSR count). The molecule has 0 saturated heterocycles. The number of aromatic amines is 1. The van der Waals surface area contributed by atoms with Crippen LogP contribution in [0.15, 0.2) is 18.5 Å². The van der Waals surface area contributed by atoms with E-state index in [2.05, 4.69) is 35.5 Å². The number of rotatable bonds is 7. The van der Waals surface area contributed by atoms with Gasteiger partial charge in [-0.25, -0.2) is 19.2 Å². The van der Waals surface area contributed by atoms with Crippen molar-refractivity contribution in [2.75, 3.05) is 5.32 Å². The van der Waals surface area contributed by atoms with Gasteiger partial charge in [0.1, 0.15) is 17.3 Å². The van der Waals surface area contributed by atoms with E-state index in [4.69, 9.17) is 16.3 Å². The molecule has 3 aromatic rings. The summed E-state index contributed by atoms with van der Waals surface area (Å²) in [7, 11) is 0. The molecule has 3 atom stereocenters. The number of anilines is 2. The lowest BCUT2D eigenvalue weighted by Crippen LogP contribution is -2.66. The summed E-state index contributed by atoms with van der Waals surface area (Å²) in [4.78, 5) is 20.6. The molecule has 3 fully saturated rings. The van der Waals surface area contributed by atoms with Crippen molar-refractivity contribution in [3.8, 4) is 0 Å². The van der Waals surface area contributed by atoms with E-state index < -0.39 is 37.3 Å². The first-order valence-electron chi connectivity index (χ1n) is 12.3. The van der Waals surface area contributed by atoms with Crippen LogP contribution in [0.4, 0.5) is 34.1 Å². The van der Waals surface area contributed by atoms with Crippen LogP contribution in [-0.2, 0) is 16.1 Å². The van der Waals surface area contributed by atoms with Crippen LogP contribution in [0.5, 0.6) is 0 Å². The fraction of sp³-hybridized carbons (Fsp3) is 0.565. The van der Waals surface area contributed by atoms with Crippen molar-refractivity contribution < 1.29 is 31.8 Å². The van der Waals surface area contributed by atoms with E-state index in [1.54, 1.807) is 6.07 Å². The predicted octanol–water partition coefficient (Wildman–Crippen LogP) is 5.14. The molecule has 0 spiro atoms. The van der Waals surface area contributed by atoms with Crippen LogP contribution in [0.2, 0.25) is 5.02 Å². The van der Waals surface area contributed by atoms with E-state index in [9.17, 15) is 18.0 Å². The lowest BCUT2D eigenvalue weighted by molar-refractivity contribution is -0.330. The van der Waals surface area contributed by atoms with Crippen molar-refractivity contribution in [3.05, 3.63) is 34.9 Å². The molecule has 3 heterocycles. The number of amides is 1. The zero-order valence-corrected chi connectivity index (χ0v) is 20.7. The summed E-state index contributed by atoms with van der Waals surface area (Å²) < 4.78 is 63.2. The Balaban J connectivity index is 1.11. The first kappa shape index (κ1) is 25.2. The molecule has 3 aliphatic rings. The molecule has 1 amide bonds. The van der Waals surface area contributed by atoms with Gasteiger partial charge in [0.15, 0.2) is 11.5 Å². The van der Waals surface area contributed by atoms with Crippen molar-refractivity contribution in [1.29, 1.82) is 0 Å². The molecule has 0 aliphatic heterocycles. The lowest BCUT2D eigenvalue weighted by Gasteiger charge is -2.58. The maximum atomic E-state index is 15.3. The van der Waals surface area contributed by atoms with Crippen molar-refractivity contribution in [2.45, 2.75) is 75.2 Å². The van der Waals surface area contributed by atoms with Gasteiger partial charge in [0.05, 0.1) is 18.5 Å². The summed E-state index contributed by atoms with van der Waals surface area (Å²) in [5.41, 5.74) is 0.536. The Bertz CT molecular complexity index is 1350. The van der Waals surface area contributed by atoms with Gasteiger partial charge in [0.2, 0.25) is 5.95 Å². The molecule has 3 aliphatic carbocycles. The Morgan fingerprint density at radius 1 is 1.26 bits per heavy atom. The quantitative estimate of drug-likeness (QED) is 0.344. The number of nitrogens with one attached hydrogen (secondary N) is 3. The van der Waals surface area contributed by atoms with E-state index in [0.717, 1.165) is 25.7 Å². The van der Waals surface area contributed by atoms with Crippen LogP contribution in [0.1, 0.15) is 55.8 Å². The van der Waals surface area contributed by atoms with Gasteiger partial charge in [-0.15, -0.1) is 13.2 Å². The predicted molar refractivity (Wildman–Crippen MR) is 126 cm³/mol. The molecular weight excluding hydrogens is 534 g/mol. The Morgan fingerprint density at radius 2 is 2.05 bits per heavy atom. The summed E-state index contributed by atoms with van der Waals surface area (Å²) in [6, 6.07) is 1.61. The number of halogens is 5. The van der Waals surface area contributed by atoms with Crippen molar-refractivity contribution in [3.63, 3.8) is 0 Å². The van der Waals surface area contributed by atoms with Crippen LogP contribution >= 0.6 is 11.6 Å². The summed E-state index contributed by atoms with van der Waals surface area (Å²) in [6.07, 6.45) is -0.0626. The number of hydrogen-bond donors (Lipinski definition) is 3. The molecule has 10 nitrogen and oxygen atoms in total. The summed E-state index contributed by atoms with van der Waals surface area (Å²) in [6.45, 7) is -0.796. The highest BCUT2D eigenvalue weighted by atomic mass is 35.5. The maximum Gasteiger partial charge on any atom is 0.522 e. The van der Waals surface area contributed by atoms with Gasteiger partial charge in [0, 0.05) is 29.4 Å². The molecule has 0 aromatic carbocycles. The fourth-order valence-corrected chi connectivity index (χ4v) is 5.83. The normalized spacial score (nSPS) is 28.4. The second-order valence-electron chi connectivity index (χ2n) is 10.1. The molecule has 15 heteroatoms. The number of hydrogen-bond acceptors (Lipinski definition) is 7. The second kappa shape index (κ2) is 9.26. The summed E-state index contributed by atoms with van der Waals surface area (Å²) >= 11 is 6.11.